The van der Waals surface area contributed by atoms with Crippen LogP contribution in [0.4, 0.5) is 0 Å². The molecule has 2 N–H and O–H groups in total. The summed E-state index contributed by atoms with van der Waals surface area (Å²) in [7, 11) is 5.73. The van der Waals surface area contributed by atoms with E-state index in [0.29, 0.717) is 6.54 Å². The van der Waals surface area contributed by atoms with Crippen LogP contribution in [0, 0.1) is 0 Å². The normalized spacial score (nSPS) is 11.8. The lowest BCUT2D eigenvalue weighted by Crippen LogP contribution is -2.37. The first-order valence-corrected chi connectivity index (χ1v) is 8.05. The van der Waals surface area contributed by atoms with E-state index in [9.17, 15) is 0 Å². The molecule has 2 heterocycles. The van der Waals surface area contributed by atoms with Gasteiger partial charge in [0, 0.05) is 45.1 Å². The van der Waals surface area contributed by atoms with Gasteiger partial charge in [-0.1, -0.05) is 13.8 Å². The Kier molecular flexibility index (Phi) is 5.78. The molecule has 23 heavy (non-hydrogen) atoms. The van der Waals surface area contributed by atoms with Crippen LogP contribution in [0.15, 0.2) is 17.3 Å². The number of aliphatic imine (C=N–C) groups is 1. The van der Waals surface area contributed by atoms with Gasteiger partial charge in [-0.05, 0) is 18.9 Å². The van der Waals surface area contributed by atoms with E-state index in [1.54, 1.807) is 13.2 Å². The van der Waals surface area contributed by atoms with Crippen LogP contribution in [0.1, 0.15) is 36.5 Å². The molecule has 0 amide bonds. The Hall–Kier alpha value is -2.31. The fourth-order valence-electron chi connectivity index (χ4n) is 2.74. The van der Waals surface area contributed by atoms with Gasteiger partial charge in [-0.15, -0.1) is 0 Å². The molecule has 0 atom stereocenters. The third-order valence-corrected chi connectivity index (χ3v) is 4.04. The average Bonchev–Trinajstić information content (AvgIpc) is 3.10. The Morgan fingerprint density at radius 2 is 1.87 bits per heavy atom. The highest BCUT2D eigenvalue weighted by Crippen LogP contribution is 2.15. The monoisotopic (exact) mass is 317 g/mol. The number of nitrogens with one attached hydrogen (secondary N) is 2. The quantitative estimate of drug-likeness (QED) is 0.619. The van der Waals surface area contributed by atoms with Gasteiger partial charge in [-0.2, -0.15) is 10.2 Å². The van der Waals surface area contributed by atoms with Crippen LogP contribution >= 0.6 is 0 Å². The molecular formula is C16H27N7. The van der Waals surface area contributed by atoms with Crippen LogP contribution < -0.4 is 10.6 Å². The molecule has 0 spiro atoms. The minimum atomic E-state index is 0.685. The van der Waals surface area contributed by atoms with Gasteiger partial charge in [0.15, 0.2) is 5.96 Å². The highest BCUT2D eigenvalue weighted by molar-refractivity contribution is 5.79. The third-order valence-electron chi connectivity index (χ3n) is 4.04. The summed E-state index contributed by atoms with van der Waals surface area (Å²) >= 11 is 0. The van der Waals surface area contributed by atoms with Crippen LogP contribution in [-0.4, -0.2) is 32.6 Å². The maximum absolute atomic E-state index is 4.61. The molecule has 0 aromatic carbocycles. The second-order valence-corrected chi connectivity index (χ2v) is 5.43. The number of guanidine groups is 1. The van der Waals surface area contributed by atoms with Gasteiger partial charge < -0.3 is 10.6 Å². The summed E-state index contributed by atoms with van der Waals surface area (Å²) in [6.07, 6.45) is 3.71. The molecule has 7 heteroatoms. The van der Waals surface area contributed by atoms with Crippen LogP contribution in [-0.2, 0) is 40.0 Å². The number of nitrogens with zero attached hydrogens (tertiary/aromatic N) is 5. The van der Waals surface area contributed by atoms with Crippen molar-refractivity contribution < 1.29 is 0 Å². The molecule has 2 aromatic heterocycles. The predicted octanol–water partition coefficient (Wildman–Crippen LogP) is 1.14. The molecule has 0 aliphatic carbocycles. The minimum Gasteiger partial charge on any atom is -0.352 e. The van der Waals surface area contributed by atoms with Crippen LogP contribution in [0.2, 0.25) is 0 Å². The minimum absolute atomic E-state index is 0.685. The number of hydrogen-bond acceptors (Lipinski definition) is 3. The van der Waals surface area contributed by atoms with Gasteiger partial charge in [-0.3, -0.25) is 14.4 Å². The van der Waals surface area contributed by atoms with Gasteiger partial charge in [0.1, 0.15) is 0 Å². The standard InChI is InChI=1S/C16H27N7/c1-6-14-13(15(7-2)23(5)21-14)11-19-16(17-3)18-10-12-8-9-20-22(12)4/h8-9H,6-7,10-11H2,1-5H3,(H2,17,18,19). The van der Waals surface area contributed by atoms with Gasteiger partial charge in [-0.25, -0.2) is 0 Å². The maximum Gasteiger partial charge on any atom is 0.191 e. The van der Waals surface area contributed by atoms with E-state index in [2.05, 4.69) is 39.7 Å². The van der Waals surface area contributed by atoms with E-state index >= 15 is 0 Å². The Labute approximate surface area is 137 Å². The van der Waals surface area contributed by atoms with Crippen molar-refractivity contribution in [1.82, 2.24) is 30.2 Å². The van der Waals surface area contributed by atoms with Crippen molar-refractivity contribution >= 4 is 5.96 Å². The SMILES string of the molecule is CCc1nn(C)c(CC)c1CNC(=NC)NCc1ccnn1C. The molecule has 0 aliphatic rings. The Morgan fingerprint density at radius 3 is 2.43 bits per heavy atom. The van der Waals surface area contributed by atoms with Crippen molar-refractivity contribution in [3.8, 4) is 0 Å². The fraction of sp³-hybridized carbons (Fsp3) is 0.562. The third kappa shape index (κ3) is 3.91. The molecule has 0 aliphatic heterocycles. The summed E-state index contributed by atoms with van der Waals surface area (Å²) in [6, 6.07) is 1.99. The summed E-state index contributed by atoms with van der Waals surface area (Å²) in [5.74, 6) is 0.777. The smallest absolute Gasteiger partial charge is 0.191 e. The van der Waals surface area contributed by atoms with Crippen LogP contribution in [0.3, 0.4) is 0 Å². The van der Waals surface area contributed by atoms with E-state index < -0.39 is 0 Å². The summed E-state index contributed by atoms with van der Waals surface area (Å²) in [5, 5.41) is 15.5. The van der Waals surface area contributed by atoms with Gasteiger partial charge in [0.25, 0.3) is 0 Å². The molecule has 0 radical (unpaired) electrons. The lowest BCUT2D eigenvalue weighted by Gasteiger charge is -2.13. The predicted molar refractivity (Wildman–Crippen MR) is 92.2 cm³/mol. The molecule has 0 saturated heterocycles. The van der Waals surface area contributed by atoms with E-state index in [4.69, 9.17) is 0 Å². The zero-order valence-corrected chi connectivity index (χ0v) is 14.7. The molecule has 0 bridgehead atoms. The largest absolute Gasteiger partial charge is 0.352 e. The van der Waals surface area contributed by atoms with Crippen LogP contribution in [0.5, 0.6) is 0 Å². The lowest BCUT2D eigenvalue weighted by atomic mass is 10.1. The molecule has 7 nitrogen and oxygen atoms in total. The Morgan fingerprint density at radius 1 is 1.13 bits per heavy atom. The summed E-state index contributed by atoms with van der Waals surface area (Å²) in [6.45, 7) is 5.71. The molecule has 2 rings (SSSR count). The van der Waals surface area contributed by atoms with E-state index in [-0.39, 0.29) is 0 Å². The van der Waals surface area contributed by atoms with Gasteiger partial charge in [0.05, 0.1) is 17.9 Å². The topological polar surface area (TPSA) is 72.1 Å². The summed E-state index contributed by atoms with van der Waals surface area (Å²) in [4.78, 5) is 4.29. The zero-order chi connectivity index (χ0) is 16.8. The summed E-state index contributed by atoms with van der Waals surface area (Å²) < 4.78 is 3.84. The lowest BCUT2D eigenvalue weighted by molar-refractivity contribution is 0.683. The van der Waals surface area contributed by atoms with E-state index in [0.717, 1.165) is 36.7 Å². The Bertz CT molecular complexity index is 666. The van der Waals surface area contributed by atoms with E-state index in [1.807, 2.05) is 29.5 Å². The highest BCUT2D eigenvalue weighted by atomic mass is 15.3. The van der Waals surface area contributed by atoms with Crippen LogP contribution in [0.25, 0.3) is 0 Å². The first-order valence-electron chi connectivity index (χ1n) is 8.05. The summed E-state index contributed by atoms with van der Waals surface area (Å²) in [5.41, 5.74) is 4.81. The molecule has 126 valence electrons. The Balaban J connectivity index is 2.00. The highest BCUT2D eigenvalue weighted by Gasteiger charge is 2.13. The molecule has 0 fully saturated rings. The number of rotatable bonds is 6. The van der Waals surface area contributed by atoms with E-state index in [1.165, 1.54) is 11.3 Å². The van der Waals surface area contributed by atoms with Crippen molar-refractivity contribution in [2.45, 2.75) is 39.8 Å². The number of aryl methyl sites for hydroxylation is 3. The molecule has 0 unspecified atom stereocenters. The van der Waals surface area contributed by atoms with Gasteiger partial charge >= 0.3 is 0 Å². The fourth-order valence-corrected chi connectivity index (χ4v) is 2.74. The molecule has 0 saturated carbocycles. The number of hydrogen-bond donors (Lipinski definition) is 2. The van der Waals surface area contributed by atoms with Crippen molar-refractivity contribution in [1.29, 1.82) is 0 Å². The van der Waals surface area contributed by atoms with Crippen molar-refractivity contribution in [3.05, 3.63) is 34.9 Å². The van der Waals surface area contributed by atoms with Gasteiger partial charge in [0.2, 0.25) is 0 Å². The second kappa shape index (κ2) is 7.80. The molecule has 2 aromatic rings. The van der Waals surface area contributed by atoms with Crippen molar-refractivity contribution in [2.24, 2.45) is 19.1 Å². The zero-order valence-electron chi connectivity index (χ0n) is 14.7. The first-order chi connectivity index (χ1) is 11.1. The number of aromatic nitrogens is 4. The molecular weight excluding hydrogens is 290 g/mol. The second-order valence-electron chi connectivity index (χ2n) is 5.43. The van der Waals surface area contributed by atoms with Crippen molar-refractivity contribution in [3.63, 3.8) is 0 Å². The first kappa shape index (κ1) is 17.1. The average molecular weight is 317 g/mol. The maximum atomic E-state index is 4.61. The van der Waals surface area contributed by atoms with Crippen molar-refractivity contribution in [2.75, 3.05) is 7.05 Å².